The second kappa shape index (κ2) is 4.87. The van der Waals surface area contributed by atoms with Gasteiger partial charge in [0.25, 0.3) is 5.56 Å². The smallest absolute Gasteiger partial charge is 0.399 e. The van der Waals surface area contributed by atoms with E-state index in [2.05, 4.69) is 9.97 Å². The number of hydrogen-bond donors (Lipinski definition) is 2. The summed E-state index contributed by atoms with van der Waals surface area (Å²) in [5, 5.41) is 0.366. The number of halogens is 3. The van der Waals surface area contributed by atoms with Crippen LogP contribution in [-0.4, -0.2) is 9.97 Å². The summed E-state index contributed by atoms with van der Waals surface area (Å²) in [6.45, 7) is 0. The molecule has 0 atom stereocenters. The Kier molecular flexibility index (Phi) is 3.13. The fourth-order valence-corrected chi connectivity index (χ4v) is 2.11. The number of rotatable bonds is 1. The predicted octanol–water partition coefficient (Wildman–Crippen LogP) is 3.19. The van der Waals surface area contributed by atoms with E-state index in [1.807, 2.05) is 0 Å². The third kappa shape index (κ3) is 2.52. The van der Waals surface area contributed by atoms with Crippen molar-refractivity contribution >= 4 is 16.6 Å². The molecule has 0 radical (unpaired) electrons. The van der Waals surface area contributed by atoms with Gasteiger partial charge in [0.15, 0.2) is 0 Å². The van der Waals surface area contributed by atoms with Crippen molar-refractivity contribution in [3.63, 3.8) is 0 Å². The van der Waals surface area contributed by atoms with Crippen LogP contribution in [0.25, 0.3) is 22.3 Å². The number of H-pyrrole nitrogens is 1. The van der Waals surface area contributed by atoms with Crippen LogP contribution in [0.5, 0.6) is 0 Å². The Balaban J connectivity index is 2.12. The van der Waals surface area contributed by atoms with Crippen molar-refractivity contribution in [2.45, 2.75) is 6.18 Å². The molecule has 0 aliphatic carbocycles. The molecule has 1 aromatic heterocycles. The Morgan fingerprint density at radius 3 is 2.36 bits per heavy atom. The molecule has 7 heteroatoms. The average molecular weight is 305 g/mol. The number of hydrogen-bond acceptors (Lipinski definition) is 3. The molecule has 22 heavy (non-hydrogen) atoms. The summed E-state index contributed by atoms with van der Waals surface area (Å²) < 4.78 is 37.7. The number of anilines is 1. The van der Waals surface area contributed by atoms with E-state index in [0.717, 1.165) is 12.1 Å². The number of aromatic amines is 1. The Hall–Kier alpha value is -2.83. The number of nitrogens with zero attached hydrogens (tertiary/aromatic N) is 1. The summed E-state index contributed by atoms with van der Waals surface area (Å²) in [5.74, 6) is 0.192. The van der Waals surface area contributed by atoms with E-state index in [1.165, 1.54) is 18.2 Å². The molecule has 3 aromatic rings. The number of nitrogens with one attached hydrogen (secondary N) is 1. The first-order valence-corrected chi connectivity index (χ1v) is 6.32. The summed E-state index contributed by atoms with van der Waals surface area (Å²) in [5.41, 5.74) is 5.74. The lowest BCUT2D eigenvalue weighted by molar-refractivity contribution is -0.137. The molecule has 112 valence electrons. The zero-order chi connectivity index (χ0) is 15.9. The highest BCUT2D eigenvalue weighted by Gasteiger charge is 2.30. The third-order valence-corrected chi connectivity index (χ3v) is 3.22. The van der Waals surface area contributed by atoms with Crippen LogP contribution >= 0.6 is 0 Å². The second-order valence-corrected chi connectivity index (χ2v) is 4.77. The molecule has 0 saturated heterocycles. The quantitative estimate of drug-likeness (QED) is 0.678. The van der Waals surface area contributed by atoms with Crippen molar-refractivity contribution in [3.8, 4) is 11.4 Å². The van der Waals surface area contributed by atoms with Gasteiger partial charge in [0.1, 0.15) is 5.82 Å². The summed E-state index contributed by atoms with van der Waals surface area (Å²) >= 11 is 0. The molecule has 0 aliphatic heterocycles. The van der Waals surface area contributed by atoms with Crippen molar-refractivity contribution < 1.29 is 13.2 Å². The molecule has 0 amide bonds. The second-order valence-electron chi connectivity index (χ2n) is 4.77. The fraction of sp³-hybridized carbons (Fsp3) is 0.0667. The zero-order valence-electron chi connectivity index (χ0n) is 11.1. The Morgan fingerprint density at radius 2 is 1.73 bits per heavy atom. The minimum atomic E-state index is -4.41. The Bertz CT molecular complexity index is 899. The van der Waals surface area contributed by atoms with E-state index in [0.29, 0.717) is 22.2 Å². The maximum Gasteiger partial charge on any atom is 0.416 e. The molecular weight excluding hydrogens is 295 g/mol. The topological polar surface area (TPSA) is 71.8 Å². The number of aromatic nitrogens is 2. The summed E-state index contributed by atoms with van der Waals surface area (Å²) in [6, 6.07) is 9.08. The minimum Gasteiger partial charge on any atom is -0.399 e. The summed E-state index contributed by atoms with van der Waals surface area (Å²) in [7, 11) is 0. The highest BCUT2D eigenvalue weighted by Crippen LogP contribution is 2.30. The van der Waals surface area contributed by atoms with Crippen molar-refractivity contribution in [1.82, 2.24) is 9.97 Å². The van der Waals surface area contributed by atoms with Gasteiger partial charge >= 0.3 is 6.18 Å². The first-order chi connectivity index (χ1) is 10.3. The molecular formula is C15H10F3N3O. The maximum atomic E-state index is 12.6. The Labute approximate surface area is 122 Å². The Morgan fingerprint density at radius 1 is 1.05 bits per heavy atom. The first kappa shape index (κ1) is 14.1. The lowest BCUT2D eigenvalue weighted by Gasteiger charge is -2.08. The molecule has 0 bridgehead atoms. The van der Waals surface area contributed by atoms with Gasteiger partial charge in [-0.2, -0.15) is 13.2 Å². The summed E-state index contributed by atoms with van der Waals surface area (Å²) in [4.78, 5) is 18.8. The standard InChI is InChI=1S/C15H10F3N3O/c16-15(17,18)9-3-1-8(2-4-9)13-20-12-7-10(19)5-6-11(12)14(22)21-13/h1-7H,19H2,(H,20,21,22). The first-order valence-electron chi connectivity index (χ1n) is 6.32. The number of fused-ring (bicyclic) bond motifs is 1. The van der Waals surface area contributed by atoms with Gasteiger partial charge in [0, 0.05) is 11.3 Å². The van der Waals surface area contributed by atoms with Crippen molar-refractivity contribution in [2.24, 2.45) is 0 Å². The van der Waals surface area contributed by atoms with Crippen LogP contribution in [0, 0.1) is 0 Å². The van der Waals surface area contributed by atoms with Crippen LogP contribution < -0.4 is 11.3 Å². The largest absolute Gasteiger partial charge is 0.416 e. The summed E-state index contributed by atoms with van der Waals surface area (Å²) in [6.07, 6.45) is -4.41. The third-order valence-electron chi connectivity index (χ3n) is 3.22. The van der Waals surface area contributed by atoms with Gasteiger partial charge in [0.2, 0.25) is 0 Å². The number of alkyl halides is 3. The van der Waals surface area contributed by atoms with Gasteiger partial charge in [-0.1, -0.05) is 12.1 Å². The lowest BCUT2D eigenvalue weighted by atomic mass is 10.1. The highest BCUT2D eigenvalue weighted by atomic mass is 19.4. The number of nitrogen functional groups attached to an aromatic ring is 1. The molecule has 0 saturated carbocycles. The van der Waals surface area contributed by atoms with Crippen LogP contribution in [0.4, 0.5) is 18.9 Å². The number of nitrogens with two attached hydrogens (primary N) is 1. The molecule has 0 fully saturated rings. The van der Waals surface area contributed by atoms with Gasteiger partial charge in [-0.3, -0.25) is 4.79 Å². The van der Waals surface area contributed by atoms with E-state index < -0.39 is 11.7 Å². The van der Waals surface area contributed by atoms with Crippen LogP contribution in [-0.2, 0) is 6.18 Å². The normalized spacial score (nSPS) is 11.8. The van der Waals surface area contributed by atoms with Crippen LogP contribution in [0.3, 0.4) is 0 Å². The minimum absolute atomic E-state index is 0.192. The van der Waals surface area contributed by atoms with E-state index in [4.69, 9.17) is 5.73 Å². The monoisotopic (exact) mass is 305 g/mol. The molecule has 2 aromatic carbocycles. The molecule has 4 nitrogen and oxygen atoms in total. The van der Waals surface area contributed by atoms with Gasteiger partial charge in [-0.15, -0.1) is 0 Å². The molecule has 0 spiro atoms. The van der Waals surface area contributed by atoms with Crippen LogP contribution in [0.1, 0.15) is 5.56 Å². The van der Waals surface area contributed by atoms with E-state index in [1.54, 1.807) is 12.1 Å². The average Bonchev–Trinajstić information content (AvgIpc) is 2.46. The van der Waals surface area contributed by atoms with Crippen LogP contribution in [0.2, 0.25) is 0 Å². The predicted molar refractivity (Wildman–Crippen MR) is 77.2 cm³/mol. The van der Waals surface area contributed by atoms with Crippen LogP contribution in [0.15, 0.2) is 47.3 Å². The van der Waals surface area contributed by atoms with Gasteiger partial charge < -0.3 is 10.7 Å². The maximum absolute atomic E-state index is 12.6. The van der Waals surface area contributed by atoms with Gasteiger partial charge in [-0.05, 0) is 30.3 Å². The lowest BCUT2D eigenvalue weighted by Crippen LogP contribution is -2.10. The van der Waals surface area contributed by atoms with E-state index in [9.17, 15) is 18.0 Å². The number of benzene rings is 2. The fourth-order valence-electron chi connectivity index (χ4n) is 2.11. The molecule has 0 aliphatic rings. The molecule has 3 rings (SSSR count). The van der Waals surface area contributed by atoms with Crippen molar-refractivity contribution in [1.29, 1.82) is 0 Å². The van der Waals surface area contributed by atoms with Crippen molar-refractivity contribution in [3.05, 3.63) is 58.4 Å². The highest BCUT2D eigenvalue weighted by molar-refractivity contribution is 5.82. The molecule has 3 N–H and O–H groups in total. The van der Waals surface area contributed by atoms with Crippen molar-refractivity contribution in [2.75, 3.05) is 5.73 Å². The molecule has 0 unspecified atom stereocenters. The van der Waals surface area contributed by atoms with E-state index in [-0.39, 0.29) is 11.4 Å². The van der Waals surface area contributed by atoms with E-state index >= 15 is 0 Å². The SMILES string of the molecule is Nc1ccc2c(=O)[nH]c(-c3ccc(C(F)(F)F)cc3)nc2c1. The van der Waals surface area contributed by atoms with Gasteiger partial charge in [-0.25, -0.2) is 4.98 Å². The zero-order valence-corrected chi connectivity index (χ0v) is 11.1. The molecule has 1 heterocycles. The van der Waals surface area contributed by atoms with Gasteiger partial charge in [0.05, 0.1) is 16.5 Å².